The minimum Gasteiger partial charge on any atom is -0.349 e. The van der Waals surface area contributed by atoms with Gasteiger partial charge in [-0.2, -0.15) is 0 Å². The van der Waals surface area contributed by atoms with Gasteiger partial charge in [-0.15, -0.1) is 0 Å². The topological polar surface area (TPSA) is 56.5 Å². The minimum absolute atomic E-state index is 0.178. The van der Waals surface area contributed by atoms with Crippen LogP contribution in [0.25, 0.3) is 0 Å². The summed E-state index contributed by atoms with van der Waals surface area (Å²) in [5, 5.41) is 0. The van der Waals surface area contributed by atoms with Crippen molar-refractivity contribution in [3.05, 3.63) is 0 Å². The lowest BCUT2D eigenvalue weighted by Gasteiger charge is -2.34. The third-order valence-corrected chi connectivity index (χ3v) is 4.93. The standard InChI is InChI=1S/C21H45N9/c1-25(2)19(26(3)4)22-16-13-17(23-20(27(5)6)28(7)8)15-18(14-16)24-21(29(9)10)30(11)12/h16-18H,13-15H2,1-12H3. The molecule has 0 atom stereocenters. The van der Waals surface area contributed by atoms with Gasteiger partial charge in [0.15, 0.2) is 17.9 Å². The van der Waals surface area contributed by atoms with Crippen molar-refractivity contribution in [2.75, 3.05) is 84.6 Å². The molecule has 9 nitrogen and oxygen atoms in total. The first kappa shape index (κ1) is 25.8. The molecule has 0 aromatic heterocycles. The van der Waals surface area contributed by atoms with Crippen molar-refractivity contribution in [3.8, 4) is 0 Å². The molecule has 30 heavy (non-hydrogen) atoms. The molecule has 0 aliphatic heterocycles. The van der Waals surface area contributed by atoms with E-state index in [1.54, 1.807) is 0 Å². The molecule has 1 saturated carbocycles. The Labute approximate surface area is 184 Å². The SMILES string of the molecule is CN(C)C(=NC1CC(N=C(N(C)C)N(C)C)CC(N=C(N(C)C)N(C)C)C1)N(C)C. The van der Waals surface area contributed by atoms with Gasteiger partial charge in [-0.05, 0) is 19.3 Å². The second kappa shape index (κ2) is 11.3. The molecule has 1 aliphatic carbocycles. The summed E-state index contributed by atoms with van der Waals surface area (Å²) in [5.74, 6) is 2.94. The lowest BCUT2D eigenvalue weighted by molar-refractivity contribution is 0.335. The molecule has 0 radical (unpaired) electrons. The van der Waals surface area contributed by atoms with Gasteiger partial charge in [0, 0.05) is 84.6 Å². The van der Waals surface area contributed by atoms with E-state index in [9.17, 15) is 0 Å². The van der Waals surface area contributed by atoms with E-state index in [4.69, 9.17) is 15.0 Å². The monoisotopic (exact) mass is 423 g/mol. The highest BCUT2D eigenvalue weighted by molar-refractivity contribution is 5.80. The molecule has 0 spiro atoms. The Balaban J connectivity index is 3.33. The van der Waals surface area contributed by atoms with Gasteiger partial charge in [0.25, 0.3) is 0 Å². The molecule has 0 N–H and O–H groups in total. The zero-order valence-electron chi connectivity index (χ0n) is 21.4. The van der Waals surface area contributed by atoms with Crippen LogP contribution in [-0.2, 0) is 0 Å². The van der Waals surface area contributed by atoms with E-state index in [0.717, 1.165) is 37.1 Å². The van der Waals surface area contributed by atoms with Crippen LogP contribution in [0.2, 0.25) is 0 Å². The van der Waals surface area contributed by atoms with Gasteiger partial charge in [0.2, 0.25) is 0 Å². The van der Waals surface area contributed by atoms with Crippen LogP contribution in [0.15, 0.2) is 15.0 Å². The van der Waals surface area contributed by atoms with Gasteiger partial charge in [0.05, 0.1) is 18.1 Å². The number of guanidine groups is 3. The number of nitrogens with zero attached hydrogens (tertiary/aromatic N) is 9. The summed E-state index contributed by atoms with van der Waals surface area (Å²) in [6, 6.07) is 0.534. The minimum atomic E-state index is 0.178. The van der Waals surface area contributed by atoms with Crippen molar-refractivity contribution < 1.29 is 0 Å². The Morgan fingerprint density at radius 3 is 0.700 bits per heavy atom. The number of hydrogen-bond acceptors (Lipinski definition) is 3. The average molecular weight is 424 g/mol. The molecule has 1 rings (SSSR count). The van der Waals surface area contributed by atoms with E-state index >= 15 is 0 Å². The highest BCUT2D eigenvalue weighted by Gasteiger charge is 2.31. The Morgan fingerprint density at radius 1 is 0.400 bits per heavy atom. The van der Waals surface area contributed by atoms with E-state index in [-0.39, 0.29) is 18.1 Å². The van der Waals surface area contributed by atoms with E-state index in [1.165, 1.54) is 0 Å². The van der Waals surface area contributed by atoms with Crippen LogP contribution in [0, 0.1) is 0 Å². The highest BCUT2D eigenvalue weighted by Crippen LogP contribution is 2.27. The third kappa shape index (κ3) is 7.57. The predicted molar refractivity (Wildman–Crippen MR) is 130 cm³/mol. The number of rotatable bonds is 3. The molecule has 0 amide bonds. The summed E-state index contributed by atoms with van der Waals surface area (Å²) in [6.45, 7) is 0. The van der Waals surface area contributed by atoms with Gasteiger partial charge in [0.1, 0.15) is 0 Å². The van der Waals surface area contributed by atoms with Gasteiger partial charge in [-0.3, -0.25) is 0 Å². The maximum atomic E-state index is 5.10. The zero-order chi connectivity index (χ0) is 23.2. The first-order valence-electron chi connectivity index (χ1n) is 10.6. The quantitative estimate of drug-likeness (QED) is 0.492. The summed E-state index contributed by atoms with van der Waals surface area (Å²) in [7, 11) is 24.5. The summed E-state index contributed by atoms with van der Waals surface area (Å²) >= 11 is 0. The van der Waals surface area contributed by atoms with E-state index in [2.05, 4.69) is 29.4 Å². The largest absolute Gasteiger partial charge is 0.349 e. The Bertz CT molecular complexity index is 496. The van der Waals surface area contributed by atoms with Crippen LogP contribution in [-0.4, -0.2) is 150 Å². The number of aliphatic imine (C=N–C) groups is 3. The van der Waals surface area contributed by atoms with Gasteiger partial charge >= 0.3 is 0 Å². The van der Waals surface area contributed by atoms with Crippen LogP contribution in [0.1, 0.15) is 19.3 Å². The van der Waals surface area contributed by atoms with Crippen molar-refractivity contribution >= 4 is 17.9 Å². The van der Waals surface area contributed by atoms with Gasteiger partial charge < -0.3 is 29.4 Å². The Hall–Kier alpha value is -2.19. The van der Waals surface area contributed by atoms with Crippen molar-refractivity contribution in [1.82, 2.24) is 29.4 Å². The van der Waals surface area contributed by atoms with Crippen molar-refractivity contribution in [1.29, 1.82) is 0 Å². The molecule has 0 heterocycles. The molecule has 9 heteroatoms. The van der Waals surface area contributed by atoms with Crippen molar-refractivity contribution in [2.24, 2.45) is 15.0 Å². The maximum Gasteiger partial charge on any atom is 0.195 e. The summed E-state index contributed by atoms with van der Waals surface area (Å²) in [5.41, 5.74) is 0. The molecule has 0 saturated heterocycles. The van der Waals surface area contributed by atoms with Crippen LogP contribution in [0.3, 0.4) is 0 Å². The van der Waals surface area contributed by atoms with E-state index < -0.39 is 0 Å². The second-order valence-corrected chi connectivity index (χ2v) is 9.32. The molecule has 174 valence electrons. The van der Waals surface area contributed by atoms with Crippen molar-refractivity contribution in [2.45, 2.75) is 37.4 Å². The van der Waals surface area contributed by atoms with Crippen LogP contribution in [0.4, 0.5) is 0 Å². The van der Waals surface area contributed by atoms with E-state index in [1.807, 2.05) is 84.6 Å². The predicted octanol–water partition coefficient (Wildman–Crippen LogP) is 0.714. The zero-order valence-corrected chi connectivity index (χ0v) is 21.4. The molecular formula is C21H45N9. The Morgan fingerprint density at radius 2 is 0.567 bits per heavy atom. The highest BCUT2D eigenvalue weighted by atomic mass is 15.4. The Kier molecular flexibility index (Phi) is 9.71. The number of hydrogen-bond donors (Lipinski definition) is 0. The third-order valence-electron chi connectivity index (χ3n) is 4.93. The second-order valence-electron chi connectivity index (χ2n) is 9.32. The molecular weight excluding hydrogens is 378 g/mol. The molecule has 1 aliphatic rings. The van der Waals surface area contributed by atoms with Crippen LogP contribution >= 0.6 is 0 Å². The normalized spacial score (nSPS) is 20.6. The first-order valence-corrected chi connectivity index (χ1v) is 10.6. The summed E-state index contributed by atoms with van der Waals surface area (Å²) in [4.78, 5) is 27.7. The van der Waals surface area contributed by atoms with Gasteiger partial charge in [-0.25, -0.2) is 15.0 Å². The lowest BCUT2D eigenvalue weighted by atomic mass is 9.88. The molecule has 0 aromatic carbocycles. The molecule has 1 fully saturated rings. The first-order chi connectivity index (χ1) is 13.8. The molecule has 0 aromatic rings. The summed E-state index contributed by atoms with van der Waals surface area (Å²) in [6.07, 6.45) is 2.80. The van der Waals surface area contributed by atoms with Crippen molar-refractivity contribution in [3.63, 3.8) is 0 Å². The van der Waals surface area contributed by atoms with Gasteiger partial charge in [-0.1, -0.05) is 0 Å². The van der Waals surface area contributed by atoms with Crippen LogP contribution < -0.4 is 0 Å². The fourth-order valence-electron chi connectivity index (χ4n) is 3.93. The van der Waals surface area contributed by atoms with E-state index in [0.29, 0.717) is 0 Å². The fraction of sp³-hybridized carbons (Fsp3) is 0.857. The molecule has 0 unspecified atom stereocenters. The average Bonchev–Trinajstić information content (AvgIpc) is 2.60. The summed E-state index contributed by atoms with van der Waals surface area (Å²) < 4.78 is 0. The smallest absolute Gasteiger partial charge is 0.195 e. The van der Waals surface area contributed by atoms with Crippen LogP contribution in [0.5, 0.6) is 0 Å². The molecule has 0 bridgehead atoms. The fourth-order valence-corrected chi connectivity index (χ4v) is 3.93. The lowest BCUT2D eigenvalue weighted by Crippen LogP contribution is -2.42. The maximum absolute atomic E-state index is 5.10.